The van der Waals surface area contributed by atoms with Crippen molar-refractivity contribution in [2.45, 2.75) is 213 Å². The molecule has 0 radical (unpaired) electrons. The van der Waals surface area contributed by atoms with Crippen LogP contribution in [0.2, 0.25) is 22.2 Å². The standard InChI is InChI=1S/C113H117FO34Si2/c1-12-63-127-108-94(141-104(121)78-55-35-19-36-56-78)90(138-101(118)75-49-29-16-30-50-75)86(136-99(116)73-45-25-14-26-46-73)82(132-108)65-129-110-96(143-106(123)80-59-39-21-40-60-80)92(140-103(120)77-53-33-18-34-54-77)89(147-150(70(6)7,71(8)9)148-149(114,68(2)3)69(4)5)85(135-110)67-131-109-95(142-105(122)79-57-37-20-38-58-79)91(139-102(119)76-51-31-17-32-52-76)87(137-100(117)74-47-27-15-28-48-74)83(133-109)66-130-111-97(144-107(124)81-61-41-22-42-62-81)93-88(145-113(10,146-93)112(125)126-11)84(134-111)64-128-98(115)72-43-23-13-24-44-72/h12-62,68-71,82-97,108-111H,1,63-67H2,2-11H3/t82-,83-,84-,85-,86+,87+,88+,89-,90+,91+,92+,93+,94-,95-,96-,97-,108+,109+,110-,111-,113-/m1/s1. The van der Waals surface area contributed by atoms with Crippen LogP contribution in [-0.2, 0) is 113 Å². The highest BCUT2D eigenvalue weighted by Crippen LogP contribution is 2.49. The van der Waals surface area contributed by atoms with Gasteiger partial charge in [-0.2, -0.15) is 0 Å². The number of hydrogen-bond donors (Lipinski definition) is 0. The number of rotatable bonds is 42. The Bertz CT molecular complexity index is 6180. The quantitative estimate of drug-likeness (QED) is 0.0113. The molecule has 0 spiro atoms. The minimum Gasteiger partial charge on any atom is -0.465 e. The number of ether oxygens (including phenoxy) is 21. The fourth-order valence-electron chi connectivity index (χ4n) is 18.0. The molecule has 5 heterocycles. The zero-order valence-electron chi connectivity index (χ0n) is 83.8. The Kier molecular flexibility index (Phi) is 37.5. The molecule has 150 heavy (non-hydrogen) atoms. The molecule has 0 N–H and O–H groups in total. The van der Waals surface area contributed by atoms with Gasteiger partial charge in [0, 0.05) is 18.0 Å². The van der Waals surface area contributed by atoms with E-state index >= 15 is 37.7 Å². The molecule has 0 saturated carbocycles. The smallest absolute Gasteiger partial charge is 0.380 e. The fourth-order valence-corrected chi connectivity index (χ4v) is 27.9. The maximum atomic E-state index is 19.1. The van der Waals surface area contributed by atoms with Crippen LogP contribution in [0.25, 0.3) is 0 Å². The summed E-state index contributed by atoms with van der Waals surface area (Å²) in [4.78, 5) is 166. The van der Waals surface area contributed by atoms with Crippen molar-refractivity contribution >= 4 is 82.9 Å². The van der Waals surface area contributed by atoms with Gasteiger partial charge in [0.2, 0.25) is 0 Å². The second kappa shape index (κ2) is 51.0. The zero-order valence-corrected chi connectivity index (χ0v) is 85.8. The van der Waals surface area contributed by atoms with Crippen molar-refractivity contribution in [1.29, 1.82) is 0 Å². The van der Waals surface area contributed by atoms with E-state index in [4.69, 9.17) is 108 Å². The molecule has 788 valence electrons. The number of fused-ring (bicyclic) bond motifs is 1. The zero-order chi connectivity index (χ0) is 106. The van der Waals surface area contributed by atoms with Gasteiger partial charge in [0.15, 0.2) is 80.1 Å². The third kappa shape index (κ3) is 26.5. The van der Waals surface area contributed by atoms with Gasteiger partial charge < -0.3 is 108 Å². The summed E-state index contributed by atoms with van der Waals surface area (Å²) in [6.45, 7) is 14.8. The molecule has 5 aliphatic heterocycles. The summed E-state index contributed by atoms with van der Waals surface area (Å²) < 4.78 is 174. The third-order valence-corrected chi connectivity index (χ3v) is 35.3. The normalized spacial score (nSPS) is 25.1. The number of esters is 11. The van der Waals surface area contributed by atoms with E-state index < -0.39 is 260 Å². The highest BCUT2D eigenvalue weighted by Gasteiger charge is 2.66. The van der Waals surface area contributed by atoms with Crippen LogP contribution < -0.4 is 0 Å². The summed E-state index contributed by atoms with van der Waals surface area (Å²) in [6, 6.07) is 76.2. The molecular formula is C113H117FO34Si2. The van der Waals surface area contributed by atoms with Crippen molar-refractivity contribution in [3.05, 3.63) is 372 Å². The van der Waals surface area contributed by atoms with E-state index in [0.717, 1.165) is 7.11 Å². The van der Waals surface area contributed by atoms with E-state index in [2.05, 4.69) is 6.58 Å². The van der Waals surface area contributed by atoms with E-state index in [0.29, 0.717) is 0 Å². The van der Waals surface area contributed by atoms with Crippen molar-refractivity contribution in [1.82, 2.24) is 0 Å². The lowest BCUT2D eigenvalue weighted by Gasteiger charge is -2.51. The van der Waals surface area contributed by atoms with Crippen LogP contribution in [0.15, 0.2) is 316 Å². The first-order valence-electron chi connectivity index (χ1n) is 49.1. The van der Waals surface area contributed by atoms with Gasteiger partial charge in [-0.05, 0) is 132 Å². The van der Waals surface area contributed by atoms with Gasteiger partial charge in [-0.1, -0.05) is 243 Å². The van der Waals surface area contributed by atoms with Crippen LogP contribution in [-0.4, -0.2) is 252 Å². The average Bonchev–Trinajstić information content (AvgIpc) is 1.34. The Morgan fingerprint density at radius 1 is 0.300 bits per heavy atom. The summed E-state index contributed by atoms with van der Waals surface area (Å²) >= 11 is 0. The predicted molar refractivity (Wildman–Crippen MR) is 535 cm³/mol. The molecule has 15 rings (SSSR count). The first-order chi connectivity index (χ1) is 72.3. The topological polar surface area (TPSA) is 400 Å². The average molecular weight is 2090 g/mol. The van der Waals surface area contributed by atoms with E-state index in [1.807, 2.05) is 0 Å². The molecule has 5 saturated heterocycles. The molecule has 34 nitrogen and oxygen atoms in total. The first-order valence-corrected chi connectivity index (χ1v) is 53.0. The Morgan fingerprint density at radius 2 is 0.533 bits per heavy atom. The maximum absolute atomic E-state index is 19.1. The Hall–Kier alpha value is -14.0. The third-order valence-electron chi connectivity index (χ3n) is 25.8. The number of carbonyl (C=O) groups is 11. The monoisotopic (exact) mass is 2090 g/mol. The predicted octanol–water partition coefficient (Wildman–Crippen LogP) is 16.6. The lowest BCUT2D eigenvalue weighted by atomic mass is 9.96. The van der Waals surface area contributed by atoms with Gasteiger partial charge in [-0.3, -0.25) is 4.11 Å². The van der Waals surface area contributed by atoms with Gasteiger partial charge in [0.05, 0.1) is 89.2 Å². The molecule has 0 aliphatic carbocycles. The van der Waals surface area contributed by atoms with Crippen LogP contribution in [0.3, 0.4) is 0 Å². The molecule has 21 atom stereocenters. The Balaban J connectivity index is 0.919. The highest BCUT2D eigenvalue weighted by molar-refractivity contribution is 6.83. The largest absolute Gasteiger partial charge is 0.465 e. The second-order valence-corrected chi connectivity index (χ2v) is 45.7. The van der Waals surface area contributed by atoms with Crippen LogP contribution >= 0.6 is 0 Å². The minimum absolute atomic E-state index is 0.00839. The van der Waals surface area contributed by atoms with E-state index in [9.17, 15) is 19.2 Å². The SMILES string of the molecule is C=CCO[C@H]1O[C@H](CO[C@@H]2O[C@H](CO[C@H]3O[C@H](CO[C@@H]4O[C@H](COC(=O)c5ccccc5)[C@@H]5O[C@@](C)(C(=O)OC)O[C@@H]5[C@H]4OC(=O)c4ccccc4)[C@H](OC(=O)c4ccccc4)[C@H](OC(=O)c4ccccc4)[C@H]3OC(=O)c3ccccc3)[C@@H](O[Si](O[Si](F)(C(C)C)C(C)C)(C(C)C)C(C)C)[C@H](OC(=O)c3ccccc3)[C@H]2OC(=O)c2ccccc2)[C@H](OC(=O)c2ccccc2)[C@H](OC(=O)c2ccccc2)[C@H]1OC(=O)c1ccccc1. The number of halogens is 1. The van der Waals surface area contributed by atoms with Crippen LogP contribution in [0.5, 0.6) is 0 Å². The van der Waals surface area contributed by atoms with Crippen LogP contribution in [0, 0.1) is 0 Å². The van der Waals surface area contributed by atoms with Crippen molar-refractivity contribution in [3.8, 4) is 0 Å². The molecule has 5 aliphatic rings. The second-order valence-electron chi connectivity index (χ2n) is 37.2. The number of benzene rings is 10. The van der Waals surface area contributed by atoms with Crippen LogP contribution in [0.1, 0.15) is 166 Å². The molecule has 0 amide bonds. The summed E-state index contributed by atoms with van der Waals surface area (Å²) in [5.41, 5.74) is -3.61. The molecule has 0 bridgehead atoms. The molecule has 0 unspecified atom stereocenters. The summed E-state index contributed by atoms with van der Waals surface area (Å²) in [5, 5.41) is 0. The van der Waals surface area contributed by atoms with Gasteiger partial charge in [-0.15, -0.1) is 6.58 Å². The van der Waals surface area contributed by atoms with Crippen molar-refractivity contribution in [2.24, 2.45) is 0 Å². The maximum Gasteiger partial charge on any atom is 0.380 e. The summed E-state index contributed by atoms with van der Waals surface area (Å²) in [6.07, 6.45) is -37.8. The van der Waals surface area contributed by atoms with Crippen molar-refractivity contribution < 1.29 is 165 Å². The lowest BCUT2D eigenvalue weighted by Crippen LogP contribution is -2.68. The van der Waals surface area contributed by atoms with Gasteiger partial charge in [-0.25, -0.2) is 52.7 Å². The number of hydrogen-bond acceptors (Lipinski definition) is 34. The van der Waals surface area contributed by atoms with Crippen LogP contribution in [0.4, 0.5) is 4.11 Å². The van der Waals surface area contributed by atoms with Crippen molar-refractivity contribution in [3.63, 3.8) is 0 Å². The fraction of sp³-hybridized carbons (Fsp3) is 0.354. The molecule has 37 heteroatoms. The highest BCUT2D eigenvalue weighted by atomic mass is 28.5. The first kappa shape index (κ1) is 110. The number of carbonyl (C=O) groups excluding carboxylic acids is 11. The minimum atomic E-state index is -4.64. The molecule has 0 aromatic heterocycles. The molecule has 10 aromatic carbocycles. The van der Waals surface area contributed by atoms with Gasteiger partial charge in [0.25, 0.3) is 5.79 Å². The molecule has 10 aromatic rings. The lowest BCUT2D eigenvalue weighted by molar-refractivity contribution is -0.343. The van der Waals surface area contributed by atoms with Gasteiger partial charge in [0.1, 0.15) is 49.3 Å². The molecule has 5 fully saturated rings. The molecular weight excluding hydrogens is 1980 g/mol. The van der Waals surface area contributed by atoms with Gasteiger partial charge >= 0.3 is 82.9 Å². The summed E-state index contributed by atoms with van der Waals surface area (Å²) in [7, 11) is -8.14. The van der Waals surface area contributed by atoms with E-state index in [-0.39, 0.29) is 62.2 Å². The van der Waals surface area contributed by atoms with E-state index in [1.165, 1.54) is 171 Å². The Morgan fingerprint density at radius 3 is 0.807 bits per heavy atom. The Labute approximate surface area is 867 Å². The van der Waals surface area contributed by atoms with Crippen molar-refractivity contribution in [2.75, 3.05) is 40.1 Å². The number of methoxy groups -OCH3 is 1. The van der Waals surface area contributed by atoms with E-state index in [1.54, 1.807) is 201 Å². The summed E-state index contributed by atoms with van der Waals surface area (Å²) in [5.74, 6) is -13.9.